The van der Waals surface area contributed by atoms with Crippen LogP contribution in [0.25, 0.3) is 6.08 Å². The maximum absolute atomic E-state index is 12.2. The van der Waals surface area contributed by atoms with Crippen molar-refractivity contribution in [1.29, 1.82) is 0 Å². The lowest BCUT2D eigenvalue weighted by Crippen LogP contribution is -2.05. The Morgan fingerprint density at radius 3 is 2.70 bits per heavy atom. The van der Waals surface area contributed by atoms with Crippen molar-refractivity contribution in [2.75, 3.05) is 13.7 Å². The fraction of sp³-hybridized carbons (Fsp3) is 0.158. The summed E-state index contributed by atoms with van der Waals surface area (Å²) in [6, 6.07) is 8.41. The first-order valence-corrected chi connectivity index (χ1v) is 9.46. The third-order valence-electron chi connectivity index (χ3n) is 3.63. The number of cyclic esters (lactones) is 1. The molecule has 0 aliphatic carbocycles. The van der Waals surface area contributed by atoms with Crippen LogP contribution in [0.1, 0.15) is 18.1 Å². The van der Waals surface area contributed by atoms with E-state index < -0.39 is 5.97 Å². The quantitative estimate of drug-likeness (QED) is 0.427. The molecule has 0 atom stereocenters. The first-order chi connectivity index (χ1) is 12.9. The Balaban J connectivity index is 1.98. The van der Waals surface area contributed by atoms with E-state index in [0.29, 0.717) is 43.8 Å². The second-order valence-corrected chi connectivity index (χ2v) is 7.13. The Kier molecular flexibility index (Phi) is 6.09. The van der Waals surface area contributed by atoms with Crippen molar-refractivity contribution >= 4 is 57.1 Å². The summed E-state index contributed by atoms with van der Waals surface area (Å²) in [6.07, 6.45) is 1.60. The van der Waals surface area contributed by atoms with Crippen LogP contribution < -0.4 is 9.47 Å². The van der Waals surface area contributed by atoms with E-state index in [2.05, 4.69) is 20.9 Å². The second-order valence-electron chi connectivity index (χ2n) is 5.43. The van der Waals surface area contributed by atoms with Gasteiger partial charge in [0.05, 0.1) is 28.8 Å². The number of hydrogen-bond acceptors (Lipinski definition) is 5. The van der Waals surface area contributed by atoms with E-state index in [0.717, 1.165) is 0 Å². The summed E-state index contributed by atoms with van der Waals surface area (Å²) in [5, 5.41) is 0.830. The SMILES string of the molecule is CCOc1c(Br)cc(C=C2N=C(c3ccc(Cl)cc3Cl)OC2=O)cc1OC. The molecule has 0 amide bonds. The molecule has 1 aliphatic heterocycles. The topological polar surface area (TPSA) is 57.1 Å². The second kappa shape index (κ2) is 8.33. The van der Waals surface area contributed by atoms with Crippen molar-refractivity contribution in [3.05, 3.63) is 61.7 Å². The standard InChI is InChI=1S/C19H14BrCl2NO4/c1-3-26-17-13(20)6-10(8-16(17)25-2)7-15-19(24)27-18(23-15)12-5-4-11(21)9-14(12)22/h4-9H,3H2,1-2H3. The van der Waals surface area contributed by atoms with E-state index in [1.807, 2.05) is 6.92 Å². The van der Waals surface area contributed by atoms with Crippen LogP contribution in [0.15, 0.2) is 45.5 Å². The first kappa shape index (κ1) is 19.7. The number of carbonyl (C=O) groups excluding carboxylic acids is 1. The van der Waals surface area contributed by atoms with Crippen molar-refractivity contribution in [2.45, 2.75) is 6.92 Å². The number of carbonyl (C=O) groups is 1. The summed E-state index contributed by atoms with van der Waals surface area (Å²) in [7, 11) is 1.55. The van der Waals surface area contributed by atoms with Crippen molar-refractivity contribution in [1.82, 2.24) is 0 Å². The van der Waals surface area contributed by atoms with Gasteiger partial charge >= 0.3 is 5.97 Å². The summed E-state index contributed by atoms with van der Waals surface area (Å²) < 4.78 is 16.9. The number of methoxy groups -OCH3 is 1. The first-order valence-electron chi connectivity index (χ1n) is 7.91. The van der Waals surface area contributed by atoms with Crippen LogP contribution in [-0.4, -0.2) is 25.6 Å². The number of hydrogen-bond donors (Lipinski definition) is 0. The van der Waals surface area contributed by atoms with Crippen molar-refractivity contribution in [3.63, 3.8) is 0 Å². The van der Waals surface area contributed by atoms with Gasteiger partial charge in [0.25, 0.3) is 0 Å². The molecule has 1 heterocycles. The monoisotopic (exact) mass is 469 g/mol. The van der Waals surface area contributed by atoms with Gasteiger partial charge in [-0.15, -0.1) is 0 Å². The zero-order chi connectivity index (χ0) is 19.6. The third kappa shape index (κ3) is 4.29. The third-order valence-corrected chi connectivity index (χ3v) is 4.76. The van der Waals surface area contributed by atoms with E-state index in [-0.39, 0.29) is 11.6 Å². The highest BCUT2D eigenvalue weighted by Gasteiger charge is 2.26. The minimum Gasteiger partial charge on any atom is -0.493 e. The molecule has 0 aromatic heterocycles. The number of nitrogens with zero attached hydrogens (tertiary/aromatic N) is 1. The highest BCUT2D eigenvalue weighted by Crippen LogP contribution is 2.37. The van der Waals surface area contributed by atoms with Crippen LogP contribution in [0.4, 0.5) is 0 Å². The average Bonchev–Trinajstić information content (AvgIpc) is 2.97. The number of esters is 1. The Morgan fingerprint density at radius 1 is 1.26 bits per heavy atom. The van der Waals surface area contributed by atoms with Gasteiger partial charge in [-0.05, 0) is 64.8 Å². The average molecular weight is 471 g/mol. The van der Waals surface area contributed by atoms with E-state index in [1.54, 1.807) is 43.5 Å². The molecule has 2 aromatic carbocycles. The zero-order valence-electron chi connectivity index (χ0n) is 14.4. The van der Waals surface area contributed by atoms with Crippen LogP contribution in [0.2, 0.25) is 10.0 Å². The lowest BCUT2D eigenvalue weighted by atomic mass is 10.1. The Morgan fingerprint density at radius 2 is 2.04 bits per heavy atom. The molecular formula is C19H14BrCl2NO4. The molecule has 140 valence electrons. The van der Waals surface area contributed by atoms with Crippen molar-refractivity contribution < 1.29 is 19.0 Å². The lowest BCUT2D eigenvalue weighted by Gasteiger charge is -2.12. The van der Waals surface area contributed by atoms with Crippen LogP contribution in [0.3, 0.4) is 0 Å². The molecule has 0 saturated carbocycles. The molecular weight excluding hydrogens is 457 g/mol. The van der Waals surface area contributed by atoms with Crippen molar-refractivity contribution in [2.24, 2.45) is 4.99 Å². The van der Waals surface area contributed by atoms with Crippen LogP contribution in [-0.2, 0) is 9.53 Å². The minimum atomic E-state index is -0.569. The molecule has 0 unspecified atom stereocenters. The highest BCUT2D eigenvalue weighted by molar-refractivity contribution is 9.10. The lowest BCUT2D eigenvalue weighted by molar-refractivity contribution is -0.129. The van der Waals surface area contributed by atoms with Crippen LogP contribution in [0, 0.1) is 0 Å². The molecule has 0 bridgehead atoms. The van der Waals surface area contributed by atoms with E-state index in [1.165, 1.54) is 0 Å². The summed E-state index contributed by atoms with van der Waals surface area (Å²) in [5.41, 5.74) is 1.33. The van der Waals surface area contributed by atoms with Gasteiger partial charge in [0.2, 0.25) is 5.90 Å². The predicted molar refractivity (Wildman–Crippen MR) is 109 cm³/mol. The zero-order valence-corrected chi connectivity index (χ0v) is 17.5. The maximum atomic E-state index is 12.2. The molecule has 0 N–H and O–H groups in total. The molecule has 2 aromatic rings. The molecule has 0 saturated heterocycles. The number of ether oxygens (including phenoxy) is 3. The van der Waals surface area contributed by atoms with Gasteiger partial charge in [-0.3, -0.25) is 0 Å². The molecule has 8 heteroatoms. The number of rotatable bonds is 5. The predicted octanol–water partition coefficient (Wildman–Crippen LogP) is 5.51. The molecule has 0 fully saturated rings. The van der Waals surface area contributed by atoms with Gasteiger partial charge < -0.3 is 14.2 Å². The van der Waals surface area contributed by atoms with Crippen LogP contribution in [0.5, 0.6) is 11.5 Å². The van der Waals surface area contributed by atoms with E-state index in [4.69, 9.17) is 37.4 Å². The Hall–Kier alpha value is -2.02. The number of aliphatic imine (C=N–C) groups is 1. The van der Waals surface area contributed by atoms with Gasteiger partial charge in [-0.1, -0.05) is 23.2 Å². The smallest absolute Gasteiger partial charge is 0.363 e. The Bertz CT molecular complexity index is 972. The molecule has 27 heavy (non-hydrogen) atoms. The molecule has 0 radical (unpaired) electrons. The fourth-order valence-electron chi connectivity index (χ4n) is 2.45. The van der Waals surface area contributed by atoms with Gasteiger partial charge in [0.1, 0.15) is 0 Å². The normalized spacial score (nSPS) is 14.9. The largest absolute Gasteiger partial charge is 0.493 e. The van der Waals surface area contributed by atoms with Gasteiger partial charge in [-0.25, -0.2) is 9.79 Å². The van der Waals surface area contributed by atoms with Gasteiger partial charge in [0, 0.05) is 5.02 Å². The highest BCUT2D eigenvalue weighted by atomic mass is 79.9. The van der Waals surface area contributed by atoms with E-state index >= 15 is 0 Å². The van der Waals surface area contributed by atoms with Crippen LogP contribution >= 0.6 is 39.1 Å². The Labute approximate surface area is 174 Å². The minimum absolute atomic E-state index is 0.130. The summed E-state index contributed by atoms with van der Waals surface area (Å²) in [6.45, 7) is 2.38. The summed E-state index contributed by atoms with van der Waals surface area (Å²) >= 11 is 15.5. The molecule has 1 aliphatic rings. The number of benzene rings is 2. The van der Waals surface area contributed by atoms with Crippen molar-refractivity contribution in [3.8, 4) is 11.5 Å². The summed E-state index contributed by atoms with van der Waals surface area (Å²) in [5.74, 6) is 0.688. The number of halogens is 3. The van der Waals surface area contributed by atoms with E-state index in [9.17, 15) is 4.79 Å². The van der Waals surface area contributed by atoms with Gasteiger partial charge in [0.15, 0.2) is 17.2 Å². The molecule has 5 nitrogen and oxygen atoms in total. The molecule has 3 rings (SSSR count). The molecule has 0 spiro atoms. The van der Waals surface area contributed by atoms with Gasteiger partial charge in [-0.2, -0.15) is 0 Å². The fourth-order valence-corrected chi connectivity index (χ4v) is 3.52. The maximum Gasteiger partial charge on any atom is 0.363 e. The summed E-state index contributed by atoms with van der Waals surface area (Å²) in [4.78, 5) is 16.5.